The fraction of sp³-hybridized carbons (Fsp3) is 0.500. The standard InChI is InChI=1S/C18H27N3/c1-13(2)16(11-20-14(3)4)17(19)12-21-10-9-15-7-5-6-8-18(15)21/h5-8,11,13-14H,9-10,12,19H2,1-4H3. The fourth-order valence-electron chi connectivity index (χ4n) is 2.70. The van der Waals surface area contributed by atoms with Crippen LogP contribution in [0.4, 0.5) is 5.69 Å². The first kappa shape index (κ1) is 15.6. The van der Waals surface area contributed by atoms with Gasteiger partial charge >= 0.3 is 0 Å². The van der Waals surface area contributed by atoms with E-state index in [1.165, 1.54) is 11.3 Å². The molecule has 1 aromatic carbocycles. The third kappa shape index (κ3) is 3.87. The number of rotatable bonds is 5. The highest BCUT2D eigenvalue weighted by Crippen LogP contribution is 2.28. The molecule has 3 nitrogen and oxygen atoms in total. The Kier molecular flexibility index (Phi) is 5.05. The summed E-state index contributed by atoms with van der Waals surface area (Å²) in [5.41, 5.74) is 11.2. The lowest BCUT2D eigenvalue weighted by Crippen LogP contribution is -2.28. The van der Waals surface area contributed by atoms with Crippen molar-refractivity contribution in [1.29, 1.82) is 0 Å². The third-order valence-corrected chi connectivity index (χ3v) is 3.85. The van der Waals surface area contributed by atoms with Gasteiger partial charge < -0.3 is 10.6 Å². The number of nitrogens with zero attached hydrogens (tertiary/aromatic N) is 2. The van der Waals surface area contributed by atoms with E-state index in [2.05, 4.69) is 61.9 Å². The van der Waals surface area contributed by atoms with Crippen molar-refractivity contribution >= 4 is 11.9 Å². The molecule has 21 heavy (non-hydrogen) atoms. The van der Waals surface area contributed by atoms with Crippen molar-refractivity contribution in [3.05, 3.63) is 41.1 Å². The molecule has 0 saturated carbocycles. The molecule has 1 aromatic rings. The maximum atomic E-state index is 6.39. The van der Waals surface area contributed by atoms with Gasteiger partial charge in [-0.25, -0.2) is 0 Å². The van der Waals surface area contributed by atoms with Crippen LogP contribution in [-0.2, 0) is 6.42 Å². The highest BCUT2D eigenvalue weighted by Gasteiger charge is 2.19. The second-order valence-electron chi connectivity index (χ2n) is 6.31. The molecular weight excluding hydrogens is 258 g/mol. The quantitative estimate of drug-likeness (QED) is 0.842. The van der Waals surface area contributed by atoms with Crippen LogP contribution < -0.4 is 10.6 Å². The number of hydrogen-bond acceptors (Lipinski definition) is 3. The number of hydrogen-bond donors (Lipinski definition) is 1. The van der Waals surface area contributed by atoms with Crippen molar-refractivity contribution in [3.8, 4) is 0 Å². The van der Waals surface area contributed by atoms with E-state index in [1.54, 1.807) is 0 Å². The number of allylic oxidation sites excluding steroid dienone is 1. The minimum Gasteiger partial charge on any atom is -0.400 e. The summed E-state index contributed by atoms with van der Waals surface area (Å²) < 4.78 is 0. The van der Waals surface area contributed by atoms with Gasteiger partial charge in [-0.05, 0) is 43.4 Å². The van der Waals surface area contributed by atoms with Crippen molar-refractivity contribution in [1.82, 2.24) is 0 Å². The average molecular weight is 285 g/mol. The summed E-state index contributed by atoms with van der Waals surface area (Å²) >= 11 is 0. The van der Waals surface area contributed by atoms with E-state index in [1.807, 2.05) is 6.21 Å². The minimum atomic E-state index is 0.305. The zero-order valence-electron chi connectivity index (χ0n) is 13.6. The summed E-state index contributed by atoms with van der Waals surface area (Å²) in [6.07, 6.45) is 3.08. The maximum Gasteiger partial charge on any atom is 0.0578 e. The molecule has 1 aliphatic heterocycles. The normalized spacial score (nSPS) is 16.0. The Labute approximate surface area is 128 Å². The molecule has 0 aromatic heterocycles. The Morgan fingerprint density at radius 3 is 2.67 bits per heavy atom. The van der Waals surface area contributed by atoms with Crippen molar-refractivity contribution < 1.29 is 0 Å². The SMILES string of the molecule is CC(C)N=CC(=C(N)CN1CCc2ccccc21)C(C)C. The van der Waals surface area contributed by atoms with E-state index in [0.717, 1.165) is 30.8 Å². The van der Waals surface area contributed by atoms with Crippen LogP contribution in [0, 0.1) is 5.92 Å². The van der Waals surface area contributed by atoms with Crippen LogP contribution >= 0.6 is 0 Å². The van der Waals surface area contributed by atoms with Gasteiger partial charge in [-0.15, -0.1) is 0 Å². The van der Waals surface area contributed by atoms with Crippen LogP contribution in [0.5, 0.6) is 0 Å². The molecule has 0 unspecified atom stereocenters. The minimum absolute atomic E-state index is 0.305. The molecule has 1 aliphatic rings. The molecule has 0 fully saturated rings. The molecule has 0 amide bonds. The summed E-state index contributed by atoms with van der Waals surface area (Å²) in [7, 11) is 0. The van der Waals surface area contributed by atoms with Gasteiger partial charge in [0.25, 0.3) is 0 Å². The summed E-state index contributed by atoms with van der Waals surface area (Å²) in [4.78, 5) is 6.88. The number of para-hydroxylation sites is 1. The number of aliphatic imine (C=N–C) groups is 1. The van der Waals surface area contributed by atoms with Gasteiger partial charge in [0.1, 0.15) is 0 Å². The molecular formula is C18H27N3. The largest absolute Gasteiger partial charge is 0.400 e. The third-order valence-electron chi connectivity index (χ3n) is 3.85. The van der Waals surface area contributed by atoms with Crippen molar-refractivity contribution in [3.63, 3.8) is 0 Å². The van der Waals surface area contributed by atoms with Gasteiger partial charge in [0.2, 0.25) is 0 Å². The summed E-state index contributed by atoms with van der Waals surface area (Å²) in [6.45, 7) is 10.4. The summed E-state index contributed by atoms with van der Waals surface area (Å²) in [6, 6.07) is 8.90. The molecule has 3 heteroatoms. The Morgan fingerprint density at radius 2 is 2.00 bits per heavy atom. The zero-order valence-corrected chi connectivity index (χ0v) is 13.6. The monoisotopic (exact) mass is 285 g/mol. The van der Waals surface area contributed by atoms with Crippen LogP contribution in [0.1, 0.15) is 33.3 Å². The van der Waals surface area contributed by atoms with Crippen molar-refractivity contribution in [2.45, 2.75) is 40.2 Å². The van der Waals surface area contributed by atoms with E-state index < -0.39 is 0 Å². The highest BCUT2D eigenvalue weighted by atomic mass is 15.2. The molecule has 0 saturated heterocycles. The van der Waals surface area contributed by atoms with Crippen LogP contribution in [0.2, 0.25) is 0 Å². The van der Waals surface area contributed by atoms with E-state index in [-0.39, 0.29) is 0 Å². The van der Waals surface area contributed by atoms with Gasteiger partial charge in [0.05, 0.1) is 6.54 Å². The van der Waals surface area contributed by atoms with Gasteiger partial charge in [-0.1, -0.05) is 32.0 Å². The molecule has 0 radical (unpaired) electrons. The first-order valence-electron chi connectivity index (χ1n) is 7.83. The highest BCUT2D eigenvalue weighted by molar-refractivity contribution is 5.80. The zero-order chi connectivity index (χ0) is 15.4. The second-order valence-corrected chi connectivity index (χ2v) is 6.31. The number of anilines is 1. The first-order chi connectivity index (χ1) is 9.99. The lowest BCUT2D eigenvalue weighted by molar-refractivity contribution is 0.768. The predicted octanol–water partition coefficient (Wildman–Crippen LogP) is 3.40. The average Bonchev–Trinajstić information content (AvgIpc) is 2.82. The second kappa shape index (κ2) is 6.79. The smallest absolute Gasteiger partial charge is 0.0578 e. The first-order valence-corrected chi connectivity index (χ1v) is 7.83. The van der Waals surface area contributed by atoms with E-state index in [4.69, 9.17) is 5.73 Å². The molecule has 0 atom stereocenters. The van der Waals surface area contributed by atoms with E-state index >= 15 is 0 Å². The topological polar surface area (TPSA) is 41.6 Å². The van der Waals surface area contributed by atoms with Crippen molar-refractivity contribution in [2.24, 2.45) is 16.6 Å². The maximum absolute atomic E-state index is 6.39. The van der Waals surface area contributed by atoms with Crippen molar-refractivity contribution in [2.75, 3.05) is 18.0 Å². The molecule has 2 rings (SSSR count). The van der Waals surface area contributed by atoms with Crippen LogP contribution in [-0.4, -0.2) is 25.3 Å². The Morgan fingerprint density at radius 1 is 1.29 bits per heavy atom. The number of fused-ring (bicyclic) bond motifs is 1. The Hall–Kier alpha value is -1.77. The summed E-state index contributed by atoms with van der Waals surface area (Å²) in [5, 5.41) is 0. The van der Waals surface area contributed by atoms with Gasteiger partial charge in [-0.2, -0.15) is 0 Å². The van der Waals surface area contributed by atoms with Crippen LogP contribution in [0.15, 0.2) is 40.5 Å². The predicted molar refractivity (Wildman–Crippen MR) is 92.0 cm³/mol. The summed E-state index contributed by atoms with van der Waals surface area (Å²) in [5.74, 6) is 0.394. The van der Waals surface area contributed by atoms with Gasteiger partial charge in [-0.3, -0.25) is 4.99 Å². The Balaban J connectivity index is 2.19. The number of nitrogens with two attached hydrogens (primary N) is 1. The Bertz CT molecular complexity index is 541. The molecule has 2 N–H and O–H groups in total. The molecule has 0 spiro atoms. The molecule has 0 aliphatic carbocycles. The molecule has 1 heterocycles. The van der Waals surface area contributed by atoms with Crippen LogP contribution in [0.25, 0.3) is 0 Å². The van der Waals surface area contributed by atoms with Gasteiger partial charge in [0.15, 0.2) is 0 Å². The lowest BCUT2D eigenvalue weighted by Gasteiger charge is -2.22. The van der Waals surface area contributed by atoms with E-state index in [9.17, 15) is 0 Å². The molecule has 114 valence electrons. The number of benzene rings is 1. The fourth-order valence-corrected chi connectivity index (χ4v) is 2.70. The lowest BCUT2D eigenvalue weighted by atomic mass is 10.0. The van der Waals surface area contributed by atoms with Gasteiger partial charge in [0, 0.05) is 30.2 Å². The molecule has 0 bridgehead atoms. The van der Waals surface area contributed by atoms with Crippen LogP contribution in [0.3, 0.4) is 0 Å². The van der Waals surface area contributed by atoms with E-state index in [0.29, 0.717) is 12.0 Å².